The van der Waals surface area contributed by atoms with E-state index in [1.807, 2.05) is 44.2 Å². The molecule has 0 saturated carbocycles. The smallest absolute Gasteiger partial charge is 0.169 e. The second kappa shape index (κ2) is 10.7. The van der Waals surface area contributed by atoms with Gasteiger partial charge in [-0.25, -0.2) is 0 Å². The molecule has 0 aliphatic heterocycles. The minimum atomic E-state index is -0.603. The van der Waals surface area contributed by atoms with Crippen LogP contribution in [0.2, 0.25) is 0 Å². The van der Waals surface area contributed by atoms with E-state index in [0.717, 1.165) is 5.56 Å². The van der Waals surface area contributed by atoms with Gasteiger partial charge < -0.3 is 25.6 Å². The Balaban J connectivity index is 2.27. The van der Waals surface area contributed by atoms with E-state index in [4.69, 9.17) is 15.2 Å². The first-order valence-electron chi connectivity index (χ1n) is 7.58. The predicted molar refractivity (Wildman–Crippen MR) is 84.0 cm³/mol. The molecule has 0 spiro atoms. The zero-order valence-electron chi connectivity index (χ0n) is 13.0. The third-order valence-corrected chi connectivity index (χ3v) is 3.18. The number of nitrogens with two attached hydrogens (primary N) is 1. The van der Waals surface area contributed by atoms with Crippen molar-refractivity contribution >= 4 is 0 Å². The van der Waals surface area contributed by atoms with Gasteiger partial charge in [0.05, 0.1) is 6.10 Å². The van der Waals surface area contributed by atoms with Crippen LogP contribution in [0.1, 0.15) is 19.4 Å². The van der Waals surface area contributed by atoms with Crippen molar-refractivity contribution in [3.8, 4) is 0 Å². The van der Waals surface area contributed by atoms with E-state index >= 15 is 0 Å². The summed E-state index contributed by atoms with van der Waals surface area (Å²) in [7, 11) is 0. The average molecular weight is 296 g/mol. The summed E-state index contributed by atoms with van der Waals surface area (Å²) in [5, 5.41) is 13.2. The van der Waals surface area contributed by atoms with Gasteiger partial charge in [0.25, 0.3) is 0 Å². The van der Waals surface area contributed by atoms with Crippen LogP contribution >= 0.6 is 0 Å². The van der Waals surface area contributed by atoms with Gasteiger partial charge in [-0.2, -0.15) is 0 Å². The zero-order valence-corrected chi connectivity index (χ0v) is 13.0. The third-order valence-electron chi connectivity index (χ3n) is 3.18. The first-order valence-corrected chi connectivity index (χ1v) is 7.58. The second-order valence-corrected chi connectivity index (χ2v) is 4.92. The Labute approximate surface area is 127 Å². The summed E-state index contributed by atoms with van der Waals surface area (Å²) in [6, 6.07) is 9.65. The average Bonchev–Trinajstić information content (AvgIpc) is 2.48. The predicted octanol–water partition coefficient (Wildman–Crippen LogP) is 0.906. The molecule has 0 aliphatic rings. The molecule has 1 aromatic carbocycles. The Morgan fingerprint density at radius 3 is 2.29 bits per heavy atom. The van der Waals surface area contributed by atoms with Gasteiger partial charge in [0.1, 0.15) is 0 Å². The van der Waals surface area contributed by atoms with E-state index in [0.29, 0.717) is 32.7 Å². The summed E-state index contributed by atoms with van der Waals surface area (Å²) in [6.45, 7) is 6.01. The van der Waals surface area contributed by atoms with Crippen molar-refractivity contribution in [1.82, 2.24) is 5.32 Å². The highest BCUT2D eigenvalue weighted by Gasteiger charge is 2.16. The molecule has 0 aliphatic carbocycles. The van der Waals surface area contributed by atoms with E-state index in [9.17, 15) is 5.11 Å². The summed E-state index contributed by atoms with van der Waals surface area (Å²) in [6.07, 6.45) is -0.226. The van der Waals surface area contributed by atoms with Crippen LogP contribution in [-0.4, -0.2) is 49.8 Å². The van der Waals surface area contributed by atoms with Crippen molar-refractivity contribution in [2.24, 2.45) is 5.73 Å². The molecule has 0 bridgehead atoms. The molecule has 0 aromatic heterocycles. The summed E-state index contributed by atoms with van der Waals surface area (Å²) >= 11 is 0. The Morgan fingerprint density at radius 1 is 1.10 bits per heavy atom. The van der Waals surface area contributed by atoms with Crippen LogP contribution in [0.4, 0.5) is 0 Å². The molecule has 0 radical (unpaired) electrons. The lowest BCUT2D eigenvalue weighted by Crippen LogP contribution is -2.45. The molecule has 0 amide bonds. The molecule has 2 unspecified atom stereocenters. The van der Waals surface area contributed by atoms with Crippen LogP contribution < -0.4 is 11.1 Å². The highest BCUT2D eigenvalue weighted by Crippen LogP contribution is 2.04. The summed E-state index contributed by atoms with van der Waals surface area (Å²) in [5.41, 5.74) is 7.16. The lowest BCUT2D eigenvalue weighted by molar-refractivity contribution is -0.133. The Hall–Kier alpha value is -0.980. The molecular weight excluding hydrogens is 268 g/mol. The molecule has 0 saturated heterocycles. The minimum Gasteiger partial charge on any atom is -0.390 e. The number of hydrogen-bond donors (Lipinski definition) is 3. The van der Waals surface area contributed by atoms with Crippen molar-refractivity contribution < 1.29 is 14.6 Å². The molecule has 1 rings (SSSR count). The van der Waals surface area contributed by atoms with Crippen LogP contribution in [0.15, 0.2) is 30.3 Å². The van der Waals surface area contributed by atoms with Gasteiger partial charge >= 0.3 is 0 Å². The molecule has 21 heavy (non-hydrogen) atoms. The molecule has 5 nitrogen and oxygen atoms in total. The number of ether oxygens (including phenoxy) is 2. The quantitative estimate of drug-likeness (QED) is 0.529. The second-order valence-electron chi connectivity index (χ2n) is 4.92. The fraction of sp³-hybridized carbons (Fsp3) is 0.625. The molecule has 5 heteroatoms. The van der Waals surface area contributed by atoms with Gasteiger partial charge in [-0.1, -0.05) is 30.3 Å². The lowest BCUT2D eigenvalue weighted by atomic mass is 10.0. The first kappa shape index (κ1) is 18.1. The molecule has 4 N–H and O–H groups in total. The molecule has 120 valence electrons. The van der Waals surface area contributed by atoms with Gasteiger partial charge in [0.15, 0.2) is 6.29 Å². The summed E-state index contributed by atoms with van der Waals surface area (Å²) in [4.78, 5) is 0. The van der Waals surface area contributed by atoms with Crippen molar-refractivity contribution in [1.29, 1.82) is 0 Å². The number of hydrogen-bond acceptors (Lipinski definition) is 5. The highest BCUT2D eigenvalue weighted by atomic mass is 16.7. The van der Waals surface area contributed by atoms with Crippen molar-refractivity contribution in [2.75, 3.05) is 26.3 Å². The highest BCUT2D eigenvalue weighted by molar-refractivity contribution is 5.16. The molecule has 0 fully saturated rings. The molecular formula is C16H28N2O3. The number of aliphatic hydroxyl groups excluding tert-OH is 1. The summed E-state index contributed by atoms with van der Waals surface area (Å²) in [5.74, 6) is 0. The van der Waals surface area contributed by atoms with Gasteiger partial charge in [-0.3, -0.25) is 0 Å². The number of nitrogens with one attached hydrogen (secondary N) is 1. The SMILES string of the molecule is CCOC(CNCC(O)C(N)Cc1ccccc1)OCC. The van der Waals surface area contributed by atoms with Gasteiger partial charge in [-0.15, -0.1) is 0 Å². The standard InChI is InChI=1S/C16H28N2O3/c1-3-20-16(21-4-2)12-18-11-15(19)14(17)10-13-8-6-5-7-9-13/h5-9,14-16,18-19H,3-4,10-12,17H2,1-2H3. The number of aliphatic hydroxyl groups is 1. The van der Waals surface area contributed by atoms with E-state index in [-0.39, 0.29) is 12.3 Å². The van der Waals surface area contributed by atoms with Crippen LogP contribution in [0.5, 0.6) is 0 Å². The summed E-state index contributed by atoms with van der Waals surface area (Å²) < 4.78 is 10.8. The van der Waals surface area contributed by atoms with Crippen molar-refractivity contribution in [2.45, 2.75) is 38.7 Å². The maximum atomic E-state index is 10.1. The Kier molecular flexibility index (Phi) is 9.21. The van der Waals surface area contributed by atoms with Crippen LogP contribution in [0.25, 0.3) is 0 Å². The fourth-order valence-electron chi connectivity index (χ4n) is 2.06. The molecule has 1 aromatic rings. The minimum absolute atomic E-state index is 0.280. The Morgan fingerprint density at radius 2 is 1.71 bits per heavy atom. The molecule has 0 heterocycles. The van der Waals surface area contributed by atoms with E-state index in [1.54, 1.807) is 0 Å². The van der Waals surface area contributed by atoms with Crippen LogP contribution in [0.3, 0.4) is 0 Å². The fourth-order valence-corrected chi connectivity index (χ4v) is 2.06. The first-order chi connectivity index (χ1) is 10.2. The zero-order chi connectivity index (χ0) is 15.5. The van der Waals surface area contributed by atoms with Crippen molar-refractivity contribution in [3.63, 3.8) is 0 Å². The van der Waals surface area contributed by atoms with Gasteiger partial charge in [0, 0.05) is 32.3 Å². The largest absolute Gasteiger partial charge is 0.390 e. The lowest BCUT2D eigenvalue weighted by Gasteiger charge is -2.22. The monoisotopic (exact) mass is 296 g/mol. The van der Waals surface area contributed by atoms with Crippen LogP contribution in [-0.2, 0) is 15.9 Å². The molecule has 2 atom stereocenters. The van der Waals surface area contributed by atoms with E-state index < -0.39 is 6.10 Å². The van der Waals surface area contributed by atoms with Crippen LogP contribution in [0, 0.1) is 0 Å². The van der Waals surface area contributed by atoms with E-state index in [1.165, 1.54) is 0 Å². The normalized spacial score (nSPS) is 14.3. The van der Waals surface area contributed by atoms with Gasteiger partial charge in [0.2, 0.25) is 0 Å². The van der Waals surface area contributed by atoms with Gasteiger partial charge in [-0.05, 0) is 25.8 Å². The van der Waals surface area contributed by atoms with E-state index in [2.05, 4.69) is 5.32 Å². The number of rotatable bonds is 11. The maximum Gasteiger partial charge on any atom is 0.169 e. The maximum absolute atomic E-state index is 10.1. The third kappa shape index (κ3) is 7.55. The Bertz CT molecular complexity index is 356. The van der Waals surface area contributed by atoms with Crippen molar-refractivity contribution in [3.05, 3.63) is 35.9 Å². The number of benzene rings is 1. The topological polar surface area (TPSA) is 76.7 Å².